The third kappa shape index (κ3) is 3.78. The molecule has 5 rings (SSSR count). The van der Waals surface area contributed by atoms with E-state index in [2.05, 4.69) is 41.2 Å². The number of aryl methyl sites for hydroxylation is 1. The van der Waals surface area contributed by atoms with E-state index >= 15 is 0 Å². The van der Waals surface area contributed by atoms with E-state index in [9.17, 15) is 9.90 Å². The largest absolute Gasteiger partial charge is 0.478 e. The van der Waals surface area contributed by atoms with Crippen molar-refractivity contribution in [3.63, 3.8) is 0 Å². The number of nitrogens with one attached hydrogen (secondary N) is 1. The summed E-state index contributed by atoms with van der Waals surface area (Å²) in [4.78, 5) is 20.5. The van der Waals surface area contributed by atoms with Crippen LogP contribution in [-0.4, -0.2) is 31.2 Å². The molecule has 0 saturated heterocycles. The van der Waals surface area contributed by atoms with Crippen molar-refractivity contribution in [2.24, 2.45) is 0 Å². The number of hydrogen-bond donors (Lipinski definition) is 2. The monoisotopic (exact) mass is 438 g/mol. The molecule has 0 bridgehead atoms. The van der Waals surface area contributed by atoms with Crippen molar-refractivity contribution in [2.45, 2.75) is 26.7 Å². The molecule has 164 valence electrons. The second-order valence-electron chi connectivity index (χ2n) is 8.30. The molecule has 0 saturated carbocycles. The van der Waals surface area contributed by atoms with Gasteiger partial charge in [-0.15, -0.1) is 0 Å². The molecule has 0 atom stereocenters. The molecule has 0 amide bonds. The maximum atomic E-state index is 11.2. The Morgan fingerprint density at radius 3 is 2.55 bits per heavy atom. The predicted octanol–water partition coefficient (Wildman–Crippen LogP) is 6.10. The molecule has 3 aromatic heterocycles. The van der Waals surface area contributed by atoms with Gasteiger partial charge in [-0.25, -0.2) is 9.78 Å². The smallest absolute Gasteiger partial charge is 0.335 e. The van der Waals surface area contributed by atoms with Crippen LogP contribution >= 0.6 is 0 Å². The van der Waals surface area contributed by atoms with Gasteiger partial charge in [-0.1, -0.05) is 13.8 Å². The summed E-state index contributed by atoms with van der Waals surface area (Å²) in [5, 5.41) is 19.2. The molecular formula is C26H22N4O3. The minimum absolute atomic E-state index is 0.134. The topological polar surface area (TPSA) is 101 Å². The van der Waals surface area contributed by atoms with E-state index < -0.39 is 5.97 Å². The molecule has 7 heteroatoms. The standard InChI is InChI=1S/C26H22N4O3/c1-14(2)24-23(17-8-9-27-15(3)10-17)20-11-18-13-28-30-22(18)12-21(20)25(29-24)33-19-6-4-16(5-7-19)26(31)32/h4-14H,1-3H3,(H,28,30)(H,31,32). The molecule has 33 heavy (non-hydrogen) atoms. The second kappa shape index (κ2) is 8.02. The van der Waals surface area contributed by atoms with E-state index in [1.54, 1.807) is 18.3 Å². The zero-order valence-electron chi connectivity index (χ0n) is 18.5. The van der Waals surface area contributed by atoms with Gasteiger partial charge >= 0.3 is 5.97 Å². The number of carbonyl (C=O) groups is 1. The number of H-pyrrole nitrogens is 1. The first kappa shape index (κ1) is 20.6. The number of benzene rings is 2. The summed E-state index contributed by atoms with van der Waals surface area (Å²) in [6.45, 7) is 6.18. The fourth-order valence-corrected chi connectivity index (χ4v) is 4.02. The number of aromatic amines is 1. The third-order valence-electron chi connectivity index (χ3n) is 5.60. The zero-order valence-corrected chi connectivity index (χ0v) is 18.5. The zero-order chi connectivity index (χ0) is 23.1. The van der Waals surface area contributed by atoms with Gasteiger partial charge in [-0.3, -0.25) is 10.1 Å². The molecule has 3 heterocycles. The fraction of sp³-hybridized carbons (Fsp3) is 0.154. The van der Waals surface area contributed by atoms with Crippen molar-refractivity contribution in [3.8, 4) is 22.8 Å². The average molecular weight is 438 g/mol. The van der Waals surface area contributed by atoms with Gasteiger partial charge in [-0.05, 0) is 72.3 Å². The van der Waals surface area contributed by atoms with Crippen molar-refractivity contribution in [1.82, 2.24) is 20.2 Å². The number of hydrogen-bond acceptors (Lipinski definition) is 5. The minimum Gasteiger partial charge on any atom is -0.478 e. The van der Waals surface area contributed by atoms with E-state index in [4.69, 9.17) is 9.72 Å². The van der Waals surface area contributed by atoms with Crippen molar-refractivity contribution in [2.75, 3.05) is 0 Å². The van der Waals surface area contributed by atoms with Gasteiger partial charge in [0.05, 0.1) is 23.0 Å². The highest BCUT2D eigenvalue weighted by molar-refractivity contribution is 6.06. The number of fused-ring (bicyclic) bond motifs is 2. The first-order chi connectivity index (χ1) is 15.9. The van der Waals surface area contributed by atoms with E-state index in [-0.39, 0.29) is 11.5 Å². The van der Waals surface area contributed by atoms with Crippen LogP contribution in [0.3, 0.4) is 0 Å². The Balaban J connectivity index is 1.77. The lowest BCUT2D eigenvalue weighted by molar-refractivity contribution is 0.0697. The first-order valence-corrected chi connectivity index (χ1v) is 10.7. The molecular weight excluding hydrogens is 416 g/mol. The number of ether oxygens (including phenoxy) is 1. The maximum absolute atomic E-state index is 11.2. The Bertz CT molecular complexity index is 1500. The van der Waals surface area contributed by atoms with Gasteiger partial charge in [0.15, 0.2) is 0 Å². The number of nitrogens with zero attached hydrogens (tertiary/aromatic N) is 3. The number of rotatable bonds is 5. The highest BCUT2D eigenvalue weighted by atomic mass is 16.5. The molecule has 5 aromatic rings. The number of aromatic carboxylic acids is 1. The SMILES string of the molecule is Cc1cc(-c2c(C(C)C)nc(Oc3ccc(C(=O)O)cc3)c3cc4[nH]ncc4cc23)ccn1. The molecule has 0 aliphatic carbocycles. The maximum Gasteiger partial charge on any atom is 0.335 e. The molecule has 7 nitrogen and oxygen atoms in total. The second-order valence-corrected chi connectivity index (χ2v) is 8.30. The van der Waals surface area contributed by atoms with E-state index in [0.717, 1.165) is 44.2 Å². The molecule has 0 spiro atoms. The highest BCUT2D eigenvalue weighted by Crippen LogP contribution is 2.41. The lowest BCUT2D eigenvalue weighted by Crippen LogP contribution is -2.02. The Kier molecular flexibility index (Phi) is 5.01. The van der Waals surface area contributed by atoms with E-state index in [1.165, 1.54) is 12.1 Å². The summed E-state index contributed by atoms with van der Waals surface area (Å²) in [5.41, 5.74) is 5.01. The average Bonchev–Trinajstić information content (AvgIpc) is 3.25. The van der Waals surface area contributed by atoms with Crippen LogP contribution in [0.1, 0.15) is 41.5 Å². The third-order valence-corrected chi connectivity index (χ3v) is 5.60. The van der Waals surface area contributed by atoms with Crippen molar-refractivity contribution in [1.29, 1.82) is 0 Å². The predicted molar refractivity (Wildman–Crippen MR) is 127 cm³/mol. The Morgan fingerprint density at radius 1 is 1.06 bits per heavy atom. The number of carboxylic acid groups (broad SMARTS) is 1. The van der Waals surface area contributed by atoms with Gasteiger partial charge in [0.1, 0.15) is 5.75 Å². The summed E-state index contributed by atoms with van der Waals surface area (Å²) in [6, 6.07) is 14.5. The van der Waals surface area contributed by atoms with Gasteiger partial charge in [0, 0.05) is 28.2 Å². The summed E-state index contributed by atoms with van der Waals surface area (Å²) in [5.74, 6) is 0.129. The number of pyridine rings is 2. The van der Waals surface area contributed by atoms with Crippen LogP contribution in [-0.2, 0) is 0 Å². The van der Waals surface area contributed by atoms with Crippen LogP contribution in [0.4, 0.5) is 0 Å². The summed E-state index contributed by atoms with van der Waals surface area (Å²) < 4.78 is 6.21. The van der Waals surface area contributed by atoms with E-state index in [0.29, 0.717) is 11.6 Å². The van der Waals surface area contributed by atoms with Gasteiger partial charge < -0.3 is 9.84 Å². The minimum atomic E-state index is -0.981. The number of carboxylic acids is 1. The van der Waals surface area contributed by atoms with Crippen LogP contribution < -0.4 is 4.74 Å². The number of aromatic nitrogens is 4. The molecule has 0 unspecified atom stereocenters. The summed E-state index contributed by atoms with van der Waals surface area (Å²) in [6.07, 6.45) is 3.61. The first-order valence-electron chi connectivity index (χ1n) is 10.7. The molecule has 0 radical (unpaired) electrons. The molecule has 2 aromatic carbocycles. The van der Waals surface area contributed by atoms with Crippen LogP contribution in [0.25, 0.3) is 32.8 Å². The van der Waals surface area contributed by atoms with Gasteiger partial charge in [0.2, 0.25) is 5.88 Å². The molecule has 2 N–H and O–H groups in total. The lowest BCUT2D eigenvalue weighted by atomic mass is 9.92. The quantitative estimate of drug-likeness (QED) is 0.344. The van der Waals surface area contributed by atoms with Crippen molar-refractivity contribution in [3.05, 3.63) is 77.9 Å². The van der Waals surface area contributed by atoms with Crippen molar-refractivity contribution < 1.29 is 14.6 Å². The van der Waals surface area contributed by atoms with Crippen molar-refractivity contribution >= 4 is 27.6 Å². The van der Waals surface area contributed by atoms with Crippen LogP contribution in [0.5, 0.6) is 11.6 Å². The molecule has 0 fully saturated rings. The Morgan fingerprint density at radius 2 is 1.85 bits per heavy atom. The fourth-order valence-electron chi connectivity index (χ4n) is 4.02. The Hall–Kier alpha value is -4.26. The van der Waals surface area contributed by atoms with Gasteiger partial charge in [-0.2, -0.15) is 5.10 Å². The summed E-state index contributed by atoms with van der Waals surface area (Å²) >= 11 is 0. The Labute approximate surface area is 190 Å². The molecule has 0 aliphatic heterocycles. The van der Waals surface area contributed by atoms with E-state index in [1.807, 2.05) is 25.3 Å². The normalized spacial score (nSPS) is 11.4. The van der Waals surface area contributed by atoms with Crippen LogP contribution in [0, 0.1) is 6.92 Å². The highest BCUT2D eigenvalue weighted by Gasteiger charge is 2.20. The summed E-state index contributed by atoms with van der Waals surface area (Å²) in [7, 11) is 0. The van der Waals surface area contributed by atoms with Gasteiger partial charge in [0.25, 0.3) is 0 Å². The lowest BCUT2D eigenvalue weighted by Gasteiger charge is -2.19. The molecule has 0 aliphatic rings. The van der Waals surface area contributed by atoms with Crippen LogP contribution in [0.2, 0.25) is 0 Å². The van der Waals surface area contributed by atoms with Crippen LogP contribution in [0.15, 0.2) is 60.9 Å².